The van der Waals surface area contributed by atoms with E-state index in [-0.39, 0.29) is 28.6 Å². The summed E-state index contributed by atoms with van der Waals surface area (Å²) in [5, 5.41) is 12.9. The van der Waals surface area contributed by atoms with Crippen LogP contribution in [0.1, 0.15) is 71.5 Å². The summed E-state index contributed by atoms with van der Waals surface area (Å²) in [7, 11) is 0. The van der Waals surface area contributed by atoms with E-state index in [2.05, 4.69) is 10.3 Å². The van der Waals surface area contributed by atoms with Gasteiger partial charge < -0.3 is 20.1 Å². The minimum Gasteiger partial charge on any atom is -0.476 e. The van der Waals surface area contributed by atoms with Crippen LogP contribution < -0.4 is 10.9 Å². The summed E-state index contributed by atoms with van der Waals surface area (Å²) in [6.07, 6.45) is 6.91. The number of carbonyl (C=O) groups is 2. The Kier molecular flexibility index (Phi) is 7.31. The van der Waals surface area contributed by atoms with Crippen molar-refractivity contribution < 1.29 is 19.4 Å². The standard InChI is InChI=1S/C28H30ClN5O5/c1-15-13-20(17(3)30-21-7-8-22(29)31-24(21)27(36)37)25-32-23(16(2)26(35)34(25)14-15)18-9-11-33(12-10-18)28(38)39-19-5-4-6-19/h7-9,13-14,17,19,30H,4-6,10-12H2,1-3H3,(H,36,37)/t17-/m1/s1. The fourth-order valence-electron chi connectivity index (χ4n) is 4.91. The monoisotopic (exact) mass is 551 g/mol. The van der Waals surface area contributed by atoms with Crippen molar-refractivity contribution >= 4 is 40.6 Å². The normalized spacial score (nSPS) is 16.4. The predicted octanol–water partition coefficient (Wildman–Crippen LogP) is 5.01. The maximum atomic E-state index is 13.5. The number of nitrogens with zero attached hydrogens (tertiary/aromatic N) is 4. The van der Waals surface area contributed by atoms with Crippen LogP contribution in [0, 0.1) is 13.8 Å². The van der Waals surface area contributed by atoms with Gasteiger partial charge in [0.15, 0.2) is 5.69 Å². The quantitative estimate of drug-likeness (QED) is 0.409. The molecule has 1 aliphatic carbocycles. The zero-order valence-electron chi connectivity index (χ0n) is 22.0. The highest BCUT2D eigenvalue weighted by Gasteiger charge is 2.27. The van der Waals surface area contributed by atoms with E-state index in [0.29, 0.717) is 42.1 Å². The van der Waals surface area contributed by atoms with Crippen LogP contribution in [0.2, 0.25) is 5.15 Å². The second-order valence-corrected chi connectivity index (χ2v) is 10.5. The first kappa shape index (κ1) is 26.7. The minimum absolute atomic E-state index is 0.0278. The topological polar surface area (TPSA) is 126 Å². The Morgan fingerprint density at radius 2 is 2.00 bits per heavy atom. The Bertz CT molecular complexity index is 1560. The maximum Gasteiger partial charge on any atom is 0.410 e. The molecule has 0 unspecified atom stereocenters. The summed E-state index contributed by atoms with van der Waals surface area (Å²) in [5.41, 5.74) is 4.01. The van der Waals surface area contributed by atoms with Gasteiger partial charge in [-0.3, -0.25) is 9.20 Å². The van der Waals surface area contributed by atoms with E-state index in [0.717, 1.165) is 36.0 Å². The zero-order chi connectivity index (χ0) is 27.8. The van der Waals surface area contributed by atoms with Crippen molar-refractivity contribution in [3.63, 3.8) is 0 Å². The Balaban J connectivity index is 1.49. The molecule has 3 aromatic rings. The third kappa shape index (κ3) is 5.34. The van der Waals surface area contributed by atoms with Gasteiger partial charge in [0.2, 0.25) is 0 Å². The second-order valence-electron chi connectivity index (χ2n) is 10.1. The summed E-state index contributed by atoms with van der Waals surface area (Å²) in [6.45, 7) is 6.39. The molecule has 0 aromatic carbocycles. The van der Waals surface area contributed by atoms with Gasteiger partial charge >= 0.3 is 12.1 Å². The molecule has 3 aromatic heterocycles. The zero-order valence-corrected chi connectivity index (χ0v) is 22.8. The lowest BCUT2D eigenvalue weighted by molar-refractivity contribution is 0.0287. The molecule has 10 nitrogen and oxygen atoms in total. The number of aryl methyl sites for hydroxylation is 1. The molecule has 1 fully saturated rings. The van der Waals surface area contributed by atoms with Gasteiger partial charge in [0.1, 0.15) is 16.9 Å². The van der Waals surface area contributed by atoms with Gasteiger partial charge in [-0.25, -0.2) is 19.6 Å². The van der Waals surface area contributed by atoms with Crippen LogP contribution in [0.4, 0.5) is 10.5 Å². The molecule has 2 aliphatic rings. The Morgan fingerprint density at radius 1 is 1.23 bits per heavy atom. The van der Waals surface area contributed by atoms with Crippen molar-refractivity contribution in [3.05, 3.63) is 74.1 Å². The SMILES string of the molecule is Cc1cc([C@@H](C)Nc2ccc(Cl)nc2C(=O)O)c2nc(C3=CCN(C(=O)OC4CCC4)CC3)c(C)c(=O)n2c1. The van der Waals surface area contributed by atoms with Crippen molar-refractivity contribution in [2.24, 2.45) is 0 Å². The first-order valence-corrected chi connectivity index (χ1v) is 13.3. The molecule has 2 N–H and O–H groups in total. The first-order chi connectivity index (χ1) is 18.6. The summed E-state index contributed by atoms with van der Waals surface area (Å²) < 4.78 is 7.07. The molecule has 1 amide bonds. The lowest BCUT2D eigenvalue weighted by Gasteiger charge is -2.31. The number of hydrogen-bond acceptors (Lipinski definition) is 7. The van der Waals surface area contributed by atoms with Crippen molar-refractivity contribution in [2.75, 3.05) is 18.4 Å². The van der Waals surface area contributed by atoms with Gasteiger partial charge in [0.25, 0.3) is 5.56 Å². The fourth-order valence-corrected chi connectivity index (χ4v) is 5.06. The lowest BCUT2D eigenvalue weighted by atomic mass is 9.96. The van der Waals surface area contributed by atoms with Gasteiger partial charge in [-0.2, -0.15) is 0 Å². The predicted molar refractivity (Wildman–Crippen MR) is 147 cm³/mol. The highest BCUT2D eigenvalue weighted by molar-refractivity contribution is 6.29. The van der Waals surface area contributed by atoms with Crippen LogP contribution in [0.5, 0.6) is 0 Å². The first-order valence-electron chi connectivity index (χ1n) is 13.0. The van der Waals surface area contributed by atoms with Crippen LogP contribution in [0.15, 0.2) is 35.3 Å². The molecule has 0 saturated heterocycles. The lowest BCUT2D eigenvalue weighted by Crippen LogP contribution is -2.39. The summed E-state index contributed by atoms with van der Waals surface area (Å²) in [4.78, 5) is 48.2. The third-order valence-corrected chi connectivity index (χ3v) is 7.52. The van der Waals surface area contributed by atoms with Crippen LogP contribution in [-0.4, -0.2) is 55.6 Å². The number of fused-ring (bicyclic) bond motifs is 1. The molecule has 4 heterocycles. The van der Waals surface area contributed by atoms with Crippen molar-refractivity contribution in [1.82, 2.24) is 19.3 Å². The summed E-state index contributed by atoms with van der Waals surface area (Å²) in [6, 6.07) is 4.59. The van der Waals surface area contributed by atoms with Gasteiger partial charge in [0.05, 0.1) is 17.4 Å². The number of carboxylic acid groups (broad SMARTS) is 1. The number of carboxylic acids is 1. The fraction of sp³-hybridized carbons (Fsp3) is 0.393. The summed E-state index contributed by atoms with van der Waals surface area (Å²) in [5.74, 6) is -1.21. The highest BCUT2D eigenvalue weighted by atomic mass is 35.5. The van der Waals surface area contributed by atoms with Gasteiger partial charge in [-0.1, -0.05) is 17.7 Å². The van der Waals surface area contributed by atoms with E-state index in [4.69, 9.17) is 21.3 Å². The molecule has 5 rings (SSSR count). The maximum absolute atomic E-state index is 13.5. The van der Waals surface area contributed by atoms with E-state index in [1.54, 1.807) is 24.1 Å². The highest BCUT2D eigenvalue weighted by Crippen LogP contribution is 2.29. The van der Waals surface area contributed by atoms with Crippen LogP contribution in [0.25, 0.3) is 11.2 Å². The van der Waals surface area contributed by atoms with E-state index in [1.807, 2.05) is 26.0 Å². The number of halogens is 1. The number of amides is 1. The van der Waals surface area contributed by atoms with Crippen molar-refractivity contribution in [2.45, 2.75) is 58.6 Å². The molecule has 1 aliphatic heterocycles. The average Bonchev–Trinajstić information content (AvgIpc) is 2.89. The average molecular weight is 552 g/mol. The van der Waals surface area contributed by atoms with E-state index in [9.17, 15) is 19.5 Å². The van der Waals surface area contributed by atoms with Crippen molar-refractivity contribution in [1.29, 1.82) is 0 Å². The molecule has 0 spiro atoms. The number of nitrogens with one attached hydrogen (secondary N) is 1. The molecule has 1 atom stereocenters. The Labute approximate surface area is 230 Å². The van der Waals surface area contributed by atoms with E-state index < -0.39 is 12.0 Å². The molecular weight excluding hydrogens is 522 g/mol. The van der Waals surface area contributed by atoms with Gasteiger partial charge in [-0.15, -0.1) is 0 Å². The molecule has 204 valence electrons. The molecule has 1 saturated carbocycles. The Morgan fingerprint density at radius 3 is 2.64 bits per heavy atom. The number of anilines is 1. The number of aromatic nitrogens is 3. The van der Waals surface area contributed by atoms with E-state index >= 15 is 0 Å². The number of aromatic carboxylic acids is 1. The third-order valence-electron chi connectivity index (χ3n) is 7.31. The minimum atomic E-state index is -1.21. The summed E-state index contributed by atoms with van der Waals surface area (Å²) >= 11 is 5.91. The molecular formula is C28H30ClN5O5. The number of carbonyl (C=O) groups excluding carboxylic acids is 1. The van der Waals surface area contributed by atoms with Crippen LogP contribution >= 0.6 is 11.6 Å². The van der Waals surface area contributed by atoms with E-state index in [1.165, 1.54) is 10.5 Å². The smallest absolute Gasteiger partial charge is 0.410 e. The largest absolute Gasteiger partial charge is 0.476 e. The molecule has 11 heteroatoms. The van der Waals surface area contributed by atoms with Gasteiger partial charge in [0, 0.05) is 30.4 Å². The Hall–Kier alpha value is -3.92. The van der Waals surface area contributed by atoms with Gasteiger partial charge in [-0.05, 0) is 75.8 Å². The number of hydrogen-bond donors (Lipinski definition) is 2. The van der Waals surface area contributed by atoms with Crippen molar-refractivity contribution in [3.8, 4) is 0 Å². The number of ether oxygens (including phenoxy) is 1. The number of pyridine rings is 2. The number of rotatable bonds is 6. The van der Waals surface area contributed by atoms with Crippen LogP contribution in [-0.2, 0) is 4.74 Å². The molecule has 39 heavy (non-hydrogen) atoms. The van der Waals surface area contributed by atoms with Crippen LogP contribution in [0.3, 0.4) is 0 Å². The second kappa shape index (κ2) is 10.7. The molecule has 0 radical (unpaired) electrons. The molecule has 0 bridgehead atoms.